The molecule has 2 aromatic heterocycles. The van der Waals surface area contributed by atoms with Gasteiger partial charge in [-0.05, 0) is 25.0 Å². The van der Waals surface area contributed by atoms with Crippen LogP contribution in [-0.4, -0.2) is 40.6 Å². The van der Waals surface area contributed by atoms with Gasteiger partial charge in [-0.15, -0.1) is 0 Å². The van der Waals surface area contributed by atoms with E-state index >= 15 is 0 Å². The number of aromatic amines is 1. The topological polar surface area (TPSA) is 56.8 Å². The van der Waals surface area contributed by atoms with Crippen LogP contribution < -0.4 is 10.2 Å². The van der Waals surface area contributed by atoms with Gasteiger partial charge in [0.1, 0.15) is 5.82 Å². The molecule has 0 spiro atoms. The molecule has 1 aliphatic heterocycles. The van der Waals surface area contributed by atoms with Crippen molar-refractivity contribution in [2.24, 2.45) is 0 Å². The first-order chi connectivity index (χ1) is 9.92. The average molecular weight is 271 g/mol. The Morgan fingerprint density at radius 2 is 2.00 bits per heavy atom. The molecule has 106 valence electrons. The van der Waals surface area contributed by atoms with Gasteiger partial charge in [-0.25, -0.2) is 4.98 Å². The first-order valence-electron chi connectivity index (χ1n) is 7.28. The minimum atomic E-state index is 0.628. The van der Waals surface area contributed by atoms with Crippen LogP contribution in [-0.2, 0) is 6.42 Å². The standard InChI is InChI=1S/C15H21N5/c1-6-16-7-2-14(1)20-11-4-13(5-12-20)17-8-3-15-18-9-10-19-15/h1-2,6-7,9-10,13,17H,3-5,8,11-12H2,(H,18,19). The molecule has 0 amide bonds. The fraction of sp³-hybridized carbons (Fsp3) is 0.467. The molecule has 5 nitrogen and oxygen atoms in total. The molecule has 5 heteroatoms. The summed E-state index contributed by atoms with van der Waals surface area (Å²) in [6.45, 7) is 3.22. The van der Waals surface area contributed by atoms with Crippen molar-refractivity contribution >= 4 is 5.69 Å². The Labute approximate surface area is 119 Å². The average Bonchev–Trinajstić information content (AvgIpc) is 3.02. The van der Waals surface area contributed by atoms with Gasteiger partial charge in [-0.2, -0.15) is 0 Å². The van der Waals surface area contributed by atoms with Gasteiger partial charge < -0.3 is 15.2 Å². The fourth-order valence-corrected chi connectivity index (χ4v) is 2.73. The lowest BCUT2D eigenvalue weighted by molar-refractivity contribution is 0.416. The van der Waals surface area contributed by atoms with Crippen LogP contribution in [0.25, 0.3) is 0 Å². The predicted molar refractivity (Wildman–Crippen MR) is 79.8 cm³/mol. The van der Waals surface area contributed by atoms with Crippen molar-refractivity contribution in [3.05, 3.63) is 42.7 Å². The lowest BCUT2D eigenvalue weighted by atomic mass is 10.0. The van der Waals surface area contributed by atoms with Crippen molar-refractivity contribution in [2.75, 3.05) is 24.5 Å². The SMILES string of the molecule is c1cc(N2CCC(NCCc3ncc[nH]3)CC2)ccn1. The molecule has 1 fully saturated rings. The van der Waals surface area contributed by atoms with Crippen molar-refractivity contribution in [3.8, 4) is 0 Å². The van der Waals surface area contributed by atoms with Gasteiger partial charge >= 0.3 is 0 Å². The summed E-state index contributed by atoms with van der Waals surface area (Å²) in [5, 5.41) is 3.63. The van der Waals surface area contributed by atoms with Crippen LogP contribution in [0.4, 0.5) is 5.69 Å². The van der Waals surface area contributed by atoms with Gasteiger partial charge in [0.15, 0.2) is 0 Å². The molecule has 20 heavy (non-hydrogen) atoms. The summed E-state index contributed by atoms with van der Waals surface area (Å²) in [5.41, 5.74) is 1.29. The van der Waals surface area contributed by atoms with E-state index in [9.17, 15) is 0 Å². The third-order valence-electron chi connectivity index (χ3n) is 3.87. The molecule has 0 aromatic carbocycles. The van der Waals surface area contributed by atoms with Crippen LogP contribution in [0, 0.1) is 0 Å². The molecular formula is C15H21N5. The second-order valence-electron chi connectivity index (χ2n) is 5.21. The van der Waals surface area contributed by atoms with E-state index in [4.69, 9.17) is 0 Å². The Morgan fingerprint density at radius 1 is 1.20 bits per heavy atom. The van der Waals surface area contributed by atoms with Gasteiger partial charge in [0.05, 0.1) is 0 Å². The first kappa shape index (κ1) is 13.1. The molecule has 2 aromatic rings. The molecular weight excluding hydrogens is 250 g/mol. The van der Waals surface area contributed by atoms with Crippen LogP contribution in [0.3, 0.4) is 0 Å². The molecule has 0 unspecified atom stereocenters. The third kappa shape index (κ3) is 3.36. The molecule has 2 N–H and O–H groups in total. The molecule has 3 heterocycles. The second kappa shape index (κ2) is 6.52. The van der Waals surface area contributed by atoms with Crippen LogP contribution in [0.2, 0.25) is 0 Å². The largest absolute Gasteiger partial charge is 0.371 e. The molecule has 1 saturated heterocycles. The molecule has 1 aliphatic rings. The number of hydrogen-bond acceptors (Lipinski definition) is 4. The molecule has 3 rings (SSSR count). The maximum atomic E-state index is 4.24. The van der Waals surface area contributed by atoms with E-state index in [0.29, 0.717) is 6.04 Å². The van der Waals surface area contributed by atoms with E-state index < -0.39 is 0 Å². The number of pyridine rings is 1. The second-order valence-corrected chi connectivity index (χ2v) is 5.21. The maximum absolute atomic E-state index is 4.24. The zero-order chi connectivity index (χ0) is 13.6. The van der Waals surface area contributed by atoms with Crippen molar-refractivity contribution in [1.29, 1.82) is 0 Å². The molecule has 0 bridgehead atoms. The smallest absolute Gasteiger partial charge is 0.107 e. The van der Waals surface area contributed by atoms with Crippen molar-refractivity contribution < 1.29 is 0 Å². The summed E-state index contributed by atoms with van der Waals surface area (Å²) >= 11 is 0. The number of piperidine rings is 1. The number of H-pyrrole nitrogens is 1. The van der Waals surface area contributed by atoms with E-state index in [0.717, 1.165) is 31.9 Å². The van der Waals surface area contributed by atoms with Crippen LogP contribution in [0.1, 0.15) is 18.7 Å². The maximum Gasteiger partial charge on any atom is 0.107 e. The summed E-state index contributed by atoms with van der Waals surface area (Å²) < 4.78 is 0. The molecule has 0 saturated carbocycles. The summed E-state index contributed by atoms with van der Waals surface area (Å²) in [6.07, 6.45) is 10.8. The summed E-state index contributed by atoms with van der Waals surface area (Å²) in [5.74, 6) is 1.06. The number of hydrogen-bond donors (Lipinski definition) is 2. The first-order valence-corrected chi connectivity index (χ1v) is 7.28. The highest BCUT2D eigenvalue weighted by molar-refractivity contribution is 5.44. The van der Waals surface area contributed by atoms with Gasteiger partial charge in [0.25, 0.3) is 0 Å². The minimum absolute atomic E-state index is 0.628. The lowest BCUT2D eigenvalue weighted by Gasteiger charge is -2.34. The fourth-order valence-electron chi connectivity index (χ4n) is 2.73. The Balaban J connectivity index is 1.40. The predicted octanol–water partition coefficient (Wildman–Crippen LogP) is 1.61. The zero-order valence-corrected chi connectivity index (χ0v) is 11.6. The number of aromatic nitrogens is 3. The highest BCUT2D eigenvalue weighted by Crippen LogP contribution is 2.18. The molecule has 0 aliphatic carbocycles. The Bertz CT molecular complexity index is 488. The number of imidazole rings is 1. The van der Waals surface area contributed by atoms with Crippen LogP contribution in [0.15, 0.2) is 36.9 Å². The number of nitrogens with one attached hydrogen (secondary N) is 2. The monoisotopic (exact) mass is 271 g/mol. The van der Waals surface area contributed by atoms with Gasteiger partial charge in [-0.3, -0.25) is 4.98 Å². The summed E-state index contributed by atoms with van der Waals surface area (Å²) in [4.78, 5) is 13.9. The zero-order valence-electron chi connectivity index (χ0n) is 11.6. The Morgan fingerprint density at radius 3 is 2.70 bits per heavy atom. The van der Waals surface area contributed by atoms with E-state index in [1.165, 1.54) is 18.5 Å². The molecule has 0 atom stereocenters. The molecule has 0 radical (unpaired) electrons. The highest BCUT2D eigenvalue weighted by Gasteiger charge is 2.18. The van der Waals surface area contributed by atoms with Crippen molar-refractivity contribution in [3.63, 3.8) is 0 Å². The number of anilines is 1. The summed E-state index contributed by atoms with van der Waals surface area (Å²) in [6, 6.07) is 4.80. The van der Waals surface area contributed by atoms with E-state index in [-0.39, 0.29) is 0 Å². The highest BCUT2D eigenvalue weighted by atomic mass is 15.1. The van der Waals surface area contributed by atoms with E-state index in [1.807, 2.05) is 24.8 Å². The normalized spacial score (nSPS) is 16.5. The van der Waals surface area contributed by atoms with Gasteiger partial charge in [-0.1, -0.05) is 0 Å². The van der Waals surface area contributed by atoms with Crippen LogP contribution in [0.5, 0.6) is 0 Å². The number of rotatable bonds is 5. The van der Waals surface area contributed by atoms with Crippen molar-refractivity contribution in [2.45, 2.75) is 25.3 Å². The van der Waals surface area contributed by atoms with Crippen molar-refractivity contribution in [1.82, 2.24) is 20.3 Å². The lowest BCUT2D eigenvalue weighted by Crippen LogP contribution is -2.43. The quantitative estimate of drug-likeness (QED) is 0.867. The number of nitrogens with zero attached hydrogens (tertiary/aromatic N) is 3. The van der Waals surface area contributed by atoms with Crippen LogP contribution >= 0.6 is 0 Å². The summed E-state index contributed by atoms with van der Waals surface area (Å²) in [7, 11) is 0. The van der Waals surface area contributed by atoms with E-state index in [2.05, 4.69) is 37.3 Å². The van der Waals surface area contributed by atoms with Gasteiger partial charge in [0, 0.05) is 62.6 Å². The minimum Gasteiger partial charge on any atom is -0.371 e. The third-order valence-corrected chi connectivity index (χ3v) is 3.87. The van der Waals surface area contributed by atoms with E-state index in [1.54, 1.807) is 0 Å². The Hall–Kier alpha value is -1.88. The van der Waals surface area contributed by atoms with Gasteiger partial charge in [0.2, 0.25) is 0 Å². The Kier molecular flexibility index (Phi) is 4.28.